The Bertz CT molecular complexity index is 1660. The van der Waals surface area contributed by atoms with Crippen LogP contribution in [0.2, 0.25) is 0 Å². The molecule has 0 aromatic heterocycles. The molecule has 0 aliphatic rings. The van der Waals surface area contributed by atoms with Gasteiger partial charge in [-0.3, -0.25) is 18.6 Å². The summed E-state index contributed by atoms with van der Waals surface area (Å²) in [6.45, 7) is 6.71. The Labute approximate surface area is 448 Å². The zero-order valence-electron chi connectivity index (χ0n) is 47.3. The molecule has 3 atom stereocenters. The zero-order valence-corrected chi connectivity index (χ0v) is 48.2. The van der Waals surface area contributed by atoms with Crippen molar-refractivity contribution in [2.75, 3.05) is 40.9 Å². The van der Waals surface area contributed by atoms with E-state index in [9.17, 15) is 19.0 Å². The van der Waals surface area contributed by atoms with Gasteiger partial charge in [0, 0.05) is 12.8 Å². The summed E-state index contributed by atoms with van der Waals surface area (Å²) in [6, 6.07) is -0.886. The van der Waals surface area contributed by atoms with Gasteiger partial charge < -0.3 is 19.4 Å². The number of carbonyl (C=O) groups excluding carboxylic acids is 2. The number of rotatable bonds is 50. The average Bonchev–Trinajstić information content (AvgIpc) is 3.35. The number of esters is 1. The molecule has 10 heteroatoms. The van der Waals surface area contributed by atoms with Crippen molar-refractivity contribution in [3.63, 3.8) is 0 Å². The quantitative estimate of drug-likeness (QED) is 0.0205. The fourth-order valence-corrected chi connectivity index (χ4v) is 8.22. The highest BCUT2D eigenvalue weighted by Crippen LogP contribution is 2.43. The first-order valence-electron chi connectivity index (χ1n) is 28.9. The maximum absolute atomic E-state index is 13.5. The standard InChI is InChI=1S/C63H107N2O7P/c1-7-10-13-16-19-22-25-28-30-31-32-33-34-35-36-38-41-44-47-50-53-56-63(67)72-61(54-51-48-45-42-39-27-24-21-18-15-12-9-3)60(59-71-73(68,69)70-58-57-65(4,5)6)64-62(66)55-52-49-46-43-40-37-29-26-23-20-17-14-11-8-2/h10-11,13-14,19-20,22-23,28-30,32-33,35-37,41,44,51,54,60-61H,7-9,12,15-18,21,24-27,31,34,38-40,42-43,45-50,52-53,55-59H2,1-6H3,(H-,64,66,68,69)/p+1/b13-10-,14-11+,22-19-,23-20+,30-28-,33-32-,36-35-,37-29+,44-41-,54-51-. The molecule has 3 unspecified atom stereocenters. The van der Waals surface area contributed by atoms with E-state index < -0.39 is 20.0 Å². The van der Waals surface area contributed by atoms with E-state index in [2.05, 4.69) is 135 Å². The van der Waals surface area contributed by atoms with E-state index in [1.165, 1.54) is 51.4 Å². The molecule has 416 valence electrons. The van der Waals surface area contributed by atoms with Crippen LogP contribution in [-0.4, -0.2) is 74.3 Å². The molecule has 0 saturated heterocycles. The lowest BCUT2D eigenvalue weighted by atomic mass is 10.1. The number of nitrogens with one attached hydrogen (secondary N) is 1. The van der Waals surface area contributed by atoms with Crippen LogP contribution in [0.1, 0.15) is 213 Å². The third-order valence-electron chi connectivity index (χ3n) is 11.9. The van der Waals surface area contributed by atoms with Crippen molar-refractivity contribution in [3.05, 3.63) is 122 Å². The van der Waals surface area contributed by atoms with Crippen molar-refractivity contribution in [1.29, 1.82) is 0 Å². The Balaban J connectivity index is 5.44. The third kappa shape index (κ3) is 53.1. The van der Waals surface area contributed by atoms with E-state index in [0.717, 1.165) is 116 Å². The Morgan fingerprint density at radius 3 is 1.33 bits per heavy atom. The second kappa shape index (κ2) is 51.9. The van der Waals surface area contributed by atoms with Gasteiger partial charge in [-0.25, -0.2) is 4.57 Å². The summed E-state index contributed by atoms with van der Waals surface area (Å²) < 4.78 is 30.6. The predicted molar refractivity (Wildman–Crippen MR) is 313 cm³/mol. The van der Waals surface area contributed by atoms with Gasteiger partial charge in [-0.2, -0.15) is 0 Å². The number of allylic oxidation sites excluding steroid dienone is 19. The largest absolute Gasteiger partial charge is 0.472 e. The minimum atomic E-state index is -4.47. The molecule has 0 aliphatic carbocycles. The van der Waals surface area contributed by atoms with Gasteiger partial charge in [-0.15, -0.1) is 0 Å². The second-order valence-electron chi connectivity index (χ2n) is 20.0. The summed E-state index contributed by atoms with van der Waals surface area (Å²) >= 11 is 0. The van der Waals surface area contributed by atoms with Crippen LogP contribution in [0.3, 0.4) is 0 Å². The van der Waals surface area contributed by atoms with Crippen LogP contribution in [0.4, 0.5) is 0 Å². The lowest BCUT2D eigenvalue weighted by Gasteiger charge is -2.27. The lowest BCUT2D eigenvalue weighted by Crippen LogP contribution is -2.47. The number of amides is 1. The van der Waals surface area contributed by atoms with Crippen LogP contribution in [0.5, 0.6) is 0 Å². The molecule has 0 rings (SSSR count). The minimum absolute atomic E-state index is 0.0217. The van der Waals surface area contributed by atoms with Crippen molar-refractivity contribution in [2.45, 2.75) is 226 Å². The number of phosphoric acid groups is 1. The molecule has 0 aromatic rings. The number of phosphoric ester groups is 1. The van der Waals surface area contributed by atoms with E-state index >= 15 is 0 Å². The van der Waals surface area contributed by atoms with Crippen LogP contribution in [0.25, 0.3) is 0 Å². The van der Waals surface area contributed by atoms with Crippen LogP contribution in [0, 0.1) is 0 Å². The molecule has 2 N–H and O–H groups in total. The number of unbranched alkanes of at least 4 members (excludes halogenated alkanes) is 16. The summed E-state index contributed by atoms with van der Waals surface area (Å²) in [7, 11) is 1.43. The van der Waals surface area contributed by atoms with E-state index in [-0.39, 0.29) is 37.9 Å². The van der Waals surface area contributed by atoms with E-state index in [1.807, 2.05) is 33.3 Å². The average molecular weight is 1040 g/mol. The smallest absolute Gasteiger partial charge is 0.456 e. The molecule has 0 aliphatic heterocycles. The van der Waals surface area contributed by atoms with Gasteiger partial charge in [0.2, 0.25) is 5.91 Å². The third-order valence-corrected chi connectivity index (χ3v) is 12.9. The zero-order chi connectivity index (χ0) is 53.6. The van der Waals surface area contributed by atoms with Crippen LogP contribution in [0.15, 0.2) is 122 Å². The molecule has 0 aromatic carbocycles. The molecule has 73 heavy (non-hydrogen) atoms. The van der Waals surface area contributed by atoms with Crippen molar-refractivity contribution in [2.24, 2.45) is 0 Å². The van der Waals surface area contributed by atoms with E-state index in [4.69, 9.17) is 13.8 Å². The number of likely N-dealkylation sites (N-methyl/N-ethyl adjacent to an activating group) is 1. The van der Waals surface area contributed by atoms with Gasteiger partial charge in [0.1, 0.15) is 19.3 Å². The number of ether oxygens (including phenoxy) is 1. The van der Waals surface area contributed by atoms with Crippen LogP contribution < -0.4 is 5.32 Å². The van der Waals surface area contributed by atoms with E-state index in [0.29, 0.717) is 23.9 Å². The lowest BCUT2D eigenvalue weighted by molar-refractivity contribution is -0.870. The Hall–Kier alpha value is -3.59. The molecule has 0 saturated carbocycles. The molecular formula is C63H108N2O7P+. The molecule has 0 spiro atoms. The molecule has 0 bridgehead atoms. The number of hydrogen-bond acceptors (Lipinski definition) is 6. The van der Waals surface area contributed by atoms with Gasteiger partial charge in [0.05, 0.1) is 33.8 Å². The topological polar surface area (TPSA) is 111 Å². The van der Waals surface area contributed by atoms with Crippen LogP contribution in [-0.2, 0) is 27.9 Å². The molecule has 0 radical (unpaired) electrons. The van der Waals surface area contributed by atoms with Crippen molar-refractivity contribution >= 4 is 19.7 Å². The second-order valence-corrected chi connectivity index (χ2v) is 21.5. The number of carbonyl (C=O) groups is 2. The fraction of sp³-hybridized carbons (Fsp3) is 0.651. The number of quaternary nitrogens is 1. The van der Waals surface area contributed by atoms with Gasteiger partial charge in [0.25, 0.3) is 0 Å². The summed E-state index contributed by atoms with van der Waals surface area (Å²) in [5, 5.41) is 3.02. The highest BCUT2D eigenvalue weighted by molar-refractivity contribution is 7.47. The van der Waals surface area contributed by atoms with Gasteiger partial charge in [-0.05, 0) is 115 Å². The molecule has 9 nitrogen and oxygen atoms in total. The Morgan fingerprint density at radius 1 is 0.493 bits per heavy atom. The van der Waals surface area contributed by atoms with Crippen LogP contribution >= 0.6 is 7.82 Å². The molecular weight excluding hydrogens is 928 g/mol. The monoisotopic (exact) mass is 1040 g/mol. The maximum atomic E-state index is 13.5. The van der Waals surface area contributed by atoms with Gasteiger partial charge in [0.15, 0.2) is 0 Å². The SMILES string of the molecule is CC/C=C\C/C=C\C/C=C\C/C=C\C/C=C\C/C=C\CCCCC(=O)OC(/C=C\CCCCCCCCCCCC)C(COP(=O)(O)OCC[N+](C)(C)C)NC(=O)CCCCCC/C=C/C/C=C/C/C=C/CC. The Morgan fingerprint density at radius 2 is 0.877 bits per heavy atom. The van der Waals surface area contributed by atoms with Crippen molar-refractivity contribution in [1.82, 2.24) is 5.32 Å². The van der Waals surface area contributed by atoms with Gasteiger partial charge in [-0.1, -0.05) is 207 Å². The summed E-state index contributed by atoms with van der Waals surface area (Å²) in [4.78, 5) is 37.6. The molecule has 0 fully saturated rings. The predicted octanol–water partition coefficient (Wildman–Crippen LogP) is 17.5. The summed E-state index contributed by atoms with van der Waals surface area (Å²) in [6.07, 6.45) is 72.0. The van der Waals surface area contributed by atoms with E-state index in [1.54, 1.807) is 0 Å². The first kappa shape index (κ1) is 69.4. The summed E-state index contributed by atoms with van der Waals surface area (Å²) in [5.74, 6) is -0.593. The summed E-state index contributed by atoms with van der Waals surface area (Å²) in [5.41, 5.74) is 0. The van der Waals surface area contributed by atoms with Crippen molar-refractivity contribution in [3.8, 4) is 0 Å². The Kier molecular flexibility index (Phi) is 49.3. The first-order valence-corrected chi connectivity index (χ1v) is 30.4. The van der Waals surface area contributed by atoms with Gasteiger partial charge >= 0.3 is 13.8 Å². The molecule has 0 heterocycles. The highest BCUT2D eigenvalue weighted by Gasteiger charge is 2.30. The first-order chi connectivity index (χ1) is 35.4. The minimum Gasteiger partial charge on any atom is -0.456 e. The number of hydrogen-bond donors (Lipinski definition) is 2. The fourth-order valence-electron chi connectivity index (χ4n) is 7.48. The molecule has 1 amide bonds. The number of nitrogens with zero attached hydrogens (tertiary/aromatic N) is 1. The normalized spacial score (nSPS) is 14.7. The van der Waals surface area contributed by atoms with Crippen molar-refractivity contribution < 1.29 is 37.3 Å². The highest BCUT2D eigenvalue weighted by atomic mass is 31.2. The maximum Gasteiger partial charge on any atom is 0.472 e.